The second kappa shape index (κ2) is 14.7. The molecule has 0 aliphatic carbocycles. The van der Waals surface area contributed by atoms with Crippen LogP contribution in [0.4, 0.5) is 10.5 Å². The van der Waals surface area contributed by atoms with Crippen LogP contribution in [0.2, 0.25) is 0 Å². The van der Waals surface area contributed by atoms with E-state index >= 15 is 0 Å². The van der Waals surface area contributed by atoms with Crippen LogP contribution in [0, 0.1) is 0 Å². The van der Waals surface area contributed by atoms with E-state index in [1.807, 2.05) is 35.7 Å². The number of carbonyl (C=O) groups excluding carboxylic acids is 2. The minimum Gasteiger partial charge on any atom is -0.497 e. The van der Waals surface area contributed by atoms with Gasteiger partial charge < -0.3 is 34.1 Å². The van der Waals surface area contributed by atoms with Crippen LogP contribution in [-0.4, -0.2) is 69.8 Å². The van der Waals surface area contributed by atoms with Gasteiger partial charge in [-0.25, -0.2) is 4.79 Å². The predicted octanol–water partition coefficient (Wildman–Crippen LogP) is 5.07. The Bertz CT molecular complexity index is 1230. The van der Waals surface area contributed by atoms with Crippen LogP contribution in [0.25, 0.3) is 0 Å². The molecule has 3 rings (SSSR count). The Hall–Kier alpha value is -4.18. The van der Waals surface area contributed by atoms with E-state index in [9.17, 15) is 9.59 Å². The highest BCUT2D eigenvalue weighted by atomic mass is 32.1. The van der Waals surface area contributed by atoms with Crippen LogP contribution < -0.4 is 24.3 Å². The van der Waals surface area contributed by atoms with E-state index in [2.05, 4.69) is 11.9 Å². The molecule has 0 spiro atoms. The lowest BCUT2D eigenvalue weighted by atomic mass is 10.1. The fourth-order valence-electron chi connectivity index (χ4n) is 3.90. The normalized spacial score (nSPS) is 10.4. The Balaban J connectivity index is 1.74. The molecule has 0 unspecified atom stereocenters. The number of nitrogens with one attached hydrogen (secondary N) is 1. The fraction of sp³-hybridized carbons (Fsp3) is 0.310. The molecule has 3 amide bonds. The minimum atomic E-state index is -0.436. The van der Waals surface area contributed by atoms with E-state index in [1.54, 1.807) is 54.7 Å². The molecule has 1 heterocycles. The molecule has 2 aromatic carbocycles. The fourth-order valence-corrected chi connectivity index (χ4v) is 4.62. The Morgan fingerprint density at radius 2 is 1.64 bits per heavy atom. The smallest absolute Gasteiger partial charge is 0.322 e. The Kier molecular flexibility index (Phi) is 11.1. The molecule has 0 fully saturated rings. The highest BCUT2D eigenvalue weighted by molar-refractivity contribution is 7.09. The average Bonchev–Trinajstić information content (AvgIpc) is 3.47. The molecule has 39 heavy (non-hydrogen) atoms. The standard InChI is InChI=1S/C29H35N3O6S/c1-6-12-32(29(34)30-22-16-23(35-2)18-24(17-22)36-3)20-28(33)31(19-25-8-7-14-39-25)13-11-21-9-10-26(37-4)27(15-21)38-5/h6-10,14-18H,1,11-13,19-20H2,2-5H3,(H,30,34). The lowest BCUT2D eigenvalue weighted by molar-refractivity contribution is -0.132. The van der Waals surface area contributed by atoms with Crippen molar-refractivity contribution in [1.82, 2.24) is 9.80 Å². The van der Waals surface area contributed by atoms with Gasteiger partial charge in [-0.3, -0.25) is 4.79 Å². The topological polar surface area (TPSA) is 89.6 Å². The zero-order valence-electron chi connectivity index (χ0n) is 22.8. The van der Waals surface area contributed by atoms with E-state index < -0.39 is 6.03 Å². The number of benzene rings is 2. The maximum absolute atomic E-state index is 13.5. The SMILES string of the molecule is C=CCN(CC(=O)N(CCc1ccc(OC)c(OC)c1)Cc1cccs1)C(=O)Nc1cc(OC)cc(OC)c1. The summed E-state index contributed by atoms with van der Waals surface area (Å²) in [4.78, 5) is 31.0. The molecule has 0 saturated carbocycles. The highest BCUT2D eigenvalue weighted by Gasteiger charge is 2.22. The van der Waals surface area contributed by atoms with E-state index in [0.717, 1.165) is 10.4 Å². The molecule has 9 nitrogen and oxygen atoms in total. The first-order chi connectivity index (χ1) is 18.9. The number of hydrogen-bond donors (Lipinski definition) is 1. The van der Waals surface area contributed by atoms with Gasteiger partial charge in [-0.1, -0.05) is 18.2 Å². The molecular weight excluding hydrogens is 518 g/mol. The van der Waals surface area contributed by atoms with Gasteiger partial charge in [0.1, 0.15) is 18.0 Å². The number of methoxy groups -OCH3 is 4. The summed E-state index contributed by atoms with van der Waals surface area (Å²) in [5.41, 5.74) is 1.49. The van der Waals surface area contributed by atoms with Crippen LogP contribution in [0.1, 0.15) is 10.4 Å². The highest BCUT2D eigenvalue weighted by Crippen LogP contribution is 2.28. The van der Waals surface area contributed by atoms with E-state index in [4.69, 9.17) is 18.9 Å². The molecular formula is C29H35N3O6S. The van der Waals surface area contributed by atoms with Crippen LogP contribution in [0.15, 0.2) is 66.6 Å². The zero-order valence-corrected chi connectivity index (χ0v) is 23.6. The Morgan fingerprint density at radius 1 is 0.923 bits per heavy atom. The van der Waals surface area contributed by atoms with Gasteiger partial charge in [0.05, 0.1) is 35.0 Å². The number of carbonyl (C=O) groups is 2. The molecule has 0 radical (unpaired) electrons. The Labute approximate surface area is 233 Å². The third-order valence-corrected chi connectivity index (χ3v) is 6.82. The van der Waals surface area contributed by atoms with Crippen molar-refractivity contribution in [1.29, 1.82) is 0 Å². The summed E-state index contributed by atoms with van der Waals surface area (Å²) >= 11 is 1.58. The van der Waals surface area contributed by atoms with Gasteiger partial charge in [0, 0.05) is 41.9 Å². The van der Waals surface area contributed by atoms with Gasteiger partial charge in [0.25, 0.3) is 0 Å². The predicted molar refractivity (Wildman–Crippen MR) is 153 cm³/mol. The minimum absolute atomic E-state index is 0.115. The van der Waals surface area contributed by atoms with Crippen molar-refractivity contribution in [2.24, 2.45) is 0 Å². The first-order valence-electron chi connectivity index (χ1n) is 12.3. The lowest BCUT2D eigenvalue weighted by Gasteiger charge is -2.27. The third kappa shape index (κ3) is 8.41. The third-order valence-electron chi connectivity index (χ3n) is 5.96. The summed E-state index contributed by atoms with van der Waals surface area (Å²) in [6.45, 7) is 4.74. The van der Waals surface area contributed by atoms with Crippen LogP contribution in [-0.2, 0) is 17.8 Å². The van der Waals surface area contributed by atoms with Crippen molar-refractivity contribution in [2.45, 2.75) is 13.0 Å². The number of hydrogen-bond acceptors (Lipinski definition) is 7. The maximum Gasteiger partial charge on any atom is 0.322 e. The number of anilines is 1. The van der Waals surface area contributed by atoms with Gasteiger partial charge in [-0.05, 0) is 35.6 Å². The van der Waals surface area contributed by atoms with Crippen molar-refractivity contribution in [3.63, 3.8) is 0 Å². The van der Waals surface area contributed by atoms with Crippen molar-refractivity contribution < 1.29 is 28.5 Å². The van der Waals surface area contributed by atoms with Gasteiger partial charge in [-0.2, -0.15) is 0 Å². The van der Waals surface area contributed by atoms with Crippen molar-refractivity contribution in [3.05, 3.63) is 77.0 Å². The molecule has 0 bridgehead atoms. The summed E-state index contributed by atoms with van der Waals surface area (Å²) in [6, 6.07) is 14.3. The second-order valence-corrected chi connectivity index (χ2v) is 9.57. The summed E-state index contributed by atoms with van der Waals surface area (Å²) in [5, 5.41) is 4.81. The van der Waals surface area contributed by atoms with Crippen molar-refractivity contribution in [2.75, 3.05) is 53.4 Å². The van der Waals surface area contributed by atoms with E-state index in [0.29, 0.717) is 48.2 Å². The molecule has 0 aliphatic heterocycles. The quantitative estimate of drug-likeness (QED) is 0.280. The second-order valence-electron chi connectivity index (χ2n) is 8.53. The molecule has 1 aromatic heterocycles. The first kappa shape index (κ1) is 29.4. The Morgan fingerprint density at radius 3 is 2.23 bits per heavy atom. The molecule has 0 aliphatic rings. The van der Waals surface area contributed by atoms with Crippen LogP contribution >= 0.6 is 11.3 Å². The summed E-state index contributed by atoms with van der Waals surface area (Å²) < 4.78 is 21.3. The van der Waals surface area contributed by atoms with Gasteiger partial charge >= 0.3 is 6.03 Å². The molecule has 1 N–H and O–H groups in total. The number of ether oxygens (including phenoxy) is 4. The van der Waals surface area contributed by atoms with E-state index in [-0.39, 0.29) is 19.0 Å². The lowest BCUT2D eigenvalue weighted by Crippen LogP contribution is -2.44. The van der Waals surface area contributed by atoms with Crippen LogP contribution in [0.5, 0.6) is 23.0 Å². The summed E-state index contributed by atoms with van der Waals surface area (Å²) in [5.74, 6) is 2.17. The molecule has 10 heteroatoms. The van der Waals surface area contributed by atoms with Gasteiger partial charge in [0.15, 0.2) is 11.5 Å². The van der Waals surface area contributed by atoms with Crippen LogP contribution in [0.3, 0.4) is 0 Å². The van der Waals surface area contributed by atoms with Gasteiger partial charge in [-0.15, -0.1) is 17.9 Å². The van der Waals surface area contributed by atoms with E-state index in [1.165, 1.54) is 19.1 Å². The number of thiophene rings is 1. The molecule has 208 valence electrons. The first-order valence-corrected chi connectivity index (χ1v) is 13.2. The maximum atomic E-state index is 13.5. The molecule has 0 atom stereocenters. The monoisotopic (exact) mass is 553 g/mol. The summed E-state index contributed by atoms with van der Waals surface area (Å²) in [6.07, 6.45) is 2.20. The summed E-state index contributed by atoms with van der Waals surface area (Å²) in [7, 11) is 6.25. The molecule has 3 aromatic rings. The van der Waals surface area contributed by atoms with Crippen molar-refractivity contribution >= 4 is 29.0 Å². The largest absolute Gasteiger partial charge is 0.497 e. The number of urea groups is 1. The average molecular weight is 554 g/mol. The number of amides is 3. The van der Waals surface area contributed by atoms with Crippen molar-refractivity contribution in [3.8, 4) is 23.0 Å². The van der Waals surface area contributed by atoms with Gasteiger partial charge in [0.2, 0.25) is 5.91 Å². The number of nitrogens with zero attached hydrogens (tertiary/aromatic N) is 2. The number of rotatable bonds is 14. The zero-order chi connectivity index (χ0) is 28.2. The molecule has 0 saturated heterocycles.